The average Bonchev–Trinajstić information content (AvgIpc) is 3.21. The molecule has 0 unspecified atom stereocenters. The Hall–Kier alpha value is -2.16. The van der Waals surface area contributed by atoms with Crippen molar-refractivity contribution in [3.8, 4) is 6.07 Å². The maximum Gasteiger partial charge on any atom is 0.0991 e. The second-order valence-corrected chi connectivity index (χ2v) is 6.90. The van der Waals surface area contributed by atoms with E-state index in [1.807, 2.05) is 29.1 Å². The van der Waals surface area contributed by atoms with Crippen molar-refractivity contribution in [1.82, 2.24) is 14.7 Å². The van der Waals surface area contributed by atoms with Gasteiger partial charge >= 0.3 is 0 Å². The first kappa shape index (κ1) is 16.7. The predicted octanol–water partition coefficient (Wildman–Crippen LogP) is 2.54. The van der Waals surface area contributed by atoms with E-state index in [0.29, 0.717) is 17.5 Å². The fourth-order valence-corrected chi connectivity index (χ4v) is 3.48. The largest absolute Gasteiger partial charge is 0.396 e. The lowest BCUT2D eigenvalue weighted by Gasteiger charge is -2.15. The van der Waals surface area contributed by atoms with E-state index in [-0.39, 0.29) is 12.5 Å². The normalized spacial score (nSPS) is 21.3. The summed E-state index contributed by atoms with van der Waals surface area (Å²) in [7, 11) is 0. The van der Waals surface area contributed by atoms with E-state index in [0.717, 1.165) is 25.2 Å². The molecule has 0 amide bonds. The zero-order chi connectivity index (χ0) is 17.1. The summed E-state index contributed by atoms with van der Waals surface area (Å²) in [6.07, 6.45) is 4.05. The predicted molar refractivity (Wildman–Crippen MR) is 92.4 cm³/mol. The van der Waals surface area contributed by atoms with Crippen LogP contribution in [0.2, 0.25) is 0 Å². The number of nitriles is 1. The lowest BCUT2D eigenvalue weighted by molar-refractivity contribution is 0.214. The number of hydrogen-bond acceptors (Lipinski definition) is 4. The molecule has 2 atom stereocenters. The molecule has 1 aromatic heterocycles. The highest BCUT2D eigenvalue weighted by molar-refractivity contribution is 5.32. The van der Waals surface area contributed by atoms with Crippen molar-refractivity contribution in [1.29, 1.82) is 5.26 Å². The molecule has 126 valence electrons. The summed E-state index contributed by atoms with van der Waals surface area (Å²) in [6, 6.07) is 10.3. The van der Waals surface area contributed by atoms with Gasteiger partial charge in [-0.15, -0.1) is 0 Å². The van der Waals surface area contributed by atoms with Gasteiger partial charge in [0, 0.05) is 50.3 Å². The van der Waals surface area contributed by atoms with Gasteiger partial charge in [-0.3, -0.25) is 9.58 Å². The van der Waals surface area contributed by atoms with E-state index in [4.69, 9.17) is 5.26 Å². The van der Waals surface area contributed by atoms with Crippen LogP contribution in [-0.4, -0.2) is 39.5 Å². The third-order valence-electron chi connectivity index (χ3n) is 4.79. The van der Waals surface area contributed by atoms with Gasteiger partial charge in [-0.2, -0.15) is 10.4 Å². The zero-order valence-electron chi connectivity index (χ0n) is 14.3. The summed E-state index contributed by atoms with van der Waals surface area (Å²) in [4.78, 5) is 2.36. The van der Waals surface area contributed by atoms with Crippen LogP contribution in [0.3, 0.4) is 0 Å². The number of aliphatic hydroxyl groups excluding tert-OH is 1. The summed E-state index contributed by atoms with van der Waals surface area (Å²) >= 11 is 0. The van der Waals surface area contributed by atoms with E-state index in [1.165, 1.54) is 5.56 Å². The summed E-state index contributed by atoms with van der Waals surface area (Å²) in [5.74, 6) is 0.538. The number of benzene rings is 1. The van der Waals surface area contributed by atoms with Gasteiger partial charge in [-0.25, -0.2) is 0 Å². The molecule has 1 aromatic carbocycles. The number of aromatic nitrogens is 2. The zero-order valence-corrected chi connectivity index (χ0v) is 14.3. The van der Waals surface area contributed by atoms with Crippen molar-refractivity contribution in [2.45, 2.75) is 32.4 Å². The molecule has 0 aliphatic carbocycles. The second-order valence-electron chi connectivity index (χ2n) is 6.90. The van der Waals surface area contributed by atoms with Crippen LogP contribution >= 0.6 is 0 Å². The van der Waals surface area contributed by atoms with Gasteiger partial charge in [0.1, 0.15) is 0 Å². The maximum absolute atomic E-state index is 9.78. The fraction of sp³-hybridized carbons (Fsp3) is 0.474. The Labute approximate surface area is 143 Å². The standard InChI is InChI=1S/C19H24N4O/c1-14(2)23-11-17(8-21-23)19-12-22(10-18(19)13-24)9-16-5-3-4-15(6-16)7-20/h3-6,8,11,14,18-19,24H,9-10,12-13H2,1-2H3/t18-,19-/m0/s1. The van der Waals surface area contributed by atoms with Crippen LogP contribution in [0.5, 0.6) is 0 Å². The molecule has 5 nitrogen and oxygen atoms in total. The fourth-order valence-electron chi connectivity index (χ4n) is 3.48. The van der Waals surface area contributed by atoms with Gasteiger partial charge in [0.15, 0.2) is 0 Å². The Morgan fingerprint density at radius 1 is 1.38 bits per heavy atom. The van der Waals surface area contributed by atoms with Crippen LogP contribution in [0.15, 0.2) is 36.7 Å². The van der Waals surface area contributed by atoms with Crippen LogP contribution in [0.4, 0.5) is 0 Å². The van der Waals surface area contributed by atoms with Gasteiger partial charge in [-0.05, 0) is 37.1 Å². The van der Waals surface area contributed by atoms with Gasteiger partial charge in [0.25, 0.3) is 0 Å². The lowest BCUT2D eigenvalue weighted by Crippen LogP contribution is -2.20. The topological polar surface area (TPSA) is 65.1 Å². The number of likely N-dealkylation sites (tertiary alicyclic amines) is 1. The first-order valence-electron chi connectivity index (χ1n) is 8.47. The summed E-state index contributed by atoms with van der Waals surface area (Å²) < 4.78 is 1.98. The highest BCUT2D eigenvalue weighted by atomic mass is 16.3. The summed E-state index contributed by atoms with van der Waals surface area (Å²) in [5, 5.41) is 23.3. The van der Waals surface area contributed by atoms with E-state index in [9.17, 15) is 5.11 Å². The molecule has 1 saturated heterocycles. The van der Waals surface area contributed by atoms with Crippen molar-refractivity contribution < 1.29 is 5.11 Å². The second kappa shape index (κ2) is 7.16. The summed E-state index contributed by atoms with van der Waals surface area (Å²) in [5.41, 5.74) is 3.04. The lowest BCUT2D eigenvalue weighted by atomic mass is 9.92. The molecule has 0 spiro atoms. The van der Waals surface area contributed by atoms with Gasteiger partial charge in [0.2, 0.25) is 0 Å². The molecule has 1 N–H and O–H groups in total. The molecular formula is C19H24N4O. The molecule has 1 aliphatic heterocycles. The van der Waals surface area contributed by atoms with Crippen molar-refractivity contribution in [3.63, 3.8) is 0 Å². The van der Waals surface area contributed by atoms with Crippen molar-refractivity contribution >= 4 is 0 Å². The molecule has 0 bridgehead atoms. The molecule has 3 rings (SSSR count). The highest BCUT2D eigenvalue weighted by Crippen LogP contribution is 2.33. The molecule has 1 fully saturated rings. The third kappa shape index (κ3) is 3.50. The minimum Gasteiger partial charge on any atom is -0.396 e. The van der Waals surface area contributed by atoms with E-state index in [1.54, 1.807) is 0 Å². The Morgan fingerprint density at radius 2 is 2.21 bits per heavy atom. The van der Waals surface area contributed by atoms with Gasteiger partial charge < -0.3 is 5.11 Å². The minimum absolute atomic E-state index is 0.187. The Bertz CT molecular complexity index is 731. The van der Waals surface area contributed by atoms with Crippen LogP contribution < -0.4 is 0 Å². The van der Waals surface area contributed by atoms with Crippen molar-refractivity contribution in [3.05, 3.63) is 53.3 Å². The molecule has 2 heterocycles. The average molecular weight is 324 g/mol. The quantitative estimate of drug-likeness (QED) is 0.918. The number of rotatable bonds is 5. The first-order chi connectivity index (χ1) is 11.6. The smallest absolute Gasteiger partial charge is 0.0991 e. The number of hydrogen-bond donors (Lipinski definition) is 1. The minimum atomic E-state index is 0.187. The monoisotopic (exact) mass is 324 g/mol. The number of nitrogens with zero attached hydrogens (tertiary/aromatic N) is 4. The molecule has 1 aliphatic rings. The molecule has 5 heteroatoms. The van der Waals surface area contributed by atoms with Gasteiger partial charge in [0.05, 0.1) is 17.8 Å². The van der Waals surface area contributed by atoms with E-state index < -0.39 is 0 Å². The van der Waals surface area contributed by atoms with Gasteiger partial charge in [-0.1, -0.05) is 12.1 Å². The molecular weight excluding hydrogens is 300 g/mol. The van der Waals surface area contributed by atoms with Crippen LogP contribution in [-0.2, 0) is 6.54 Å². The van der Waals surface area contributed by atoms with E-state index >= 15 is 0 Å². The maximum atomic E-state index is 9.78. The Kier molecular flexibility index (Phi) is 4.98. The van der Waals surface area contributed by atoms with Crippen LogP contribution in [0.25, 0.3) is 0 Å². The number of aliphatic hydroxyl groups is 1. The van der Waals surface area contributed by atoms with Crippen molar-refractivity contribution in [2.24, 2.45) is 5.92 Å². The molecule has 0 saturated carbocycles. The molecule has 2 aromatic rings. The first-order valence-corrected chi connectivity index (χ1v) is 8.47. The third-order valence-corrected chi connectivity index (χ3v) is 4.79. The van der Waals surface area contributed by atoms with Crippen LogP contribution in [0.1, 0.15) is 42.5 Å². The van der Waals surface area contributed by atoms with Crippen LogP contribution in [0, 0.1) is 17.2 Å². The van der Waals surface area contributed by atoms with Crippen molar-refractivity contribution in [2.75, 3.05) is 19.7 Å². The molecule has 0 radical (unpaired) electrons. The van der Waals surface area contributed by atoms with E-state index in [2.05, 4.69) is 42.2 Å². The SMILES string of the molecule is CC(C)n1cc([C@@H]2CN(Cc3cccc(C#N)c3)C[C@H]2CO)cn1. The Morgan fingerprint density at radius 3 is 2.88 bits per heavy atom. The highest BCUT2D eigenvalue weighted by Gasteiger charge is 2.34. The summed E-state index contributed by atoms with van der Waals surface area (Å²) in [6.45, 7) is 7.00. The molecule has 24 heavy (non-hydrogen) atoms. The Balaban J connectivity index is 1.72.